The summed E-state index contributed by atoms with van der Waals surface area (Å²) in [5.74, 6) is -1.19. The van der Waals surface area contributed by atoms with Crippen molar-refractivity contribution in [2.24, 2.45) is 0 Å². The van der Waals surface area contributed by atoms with Crippen LogP contribution in [0.25, 0.3) is 11.1 Å². The number of ether oxygens (including phenoxy) is 1. The molecular weight excluding hydrogens is 390 g/mol. The minimum atomic E-state index is -4.54. The Kier molecular flexibility index (Phi) is 7.50. The zero-order valence-electron chi connectivity index (χ0n) is 16.0. The van der Waals surface area contributed by atoms with Gasteiger partial charge in [-0.2, -0.15) is 13.2 Å². The van der Waals surface area contributed by atoms with Gasteiger partial charge in [-0.25, -0.2) is 4.39 Å². The minimum absolute atomic E-state index is 0.0210. The van der Waals surface area contributed by atoms with Crippen LogP contribution in [0.1, 0.15) is 30.0 Å². The van der Waals surface area contributed by atoms with Gasteiger partial charge in [0.25, 0.3) is 0 Å². The lowest BCUT2D eigenvalue weighted by Crippen LogP contribution is -2.18. The third kappa shape index (κ3) is 6.39. The number of alkyl halides is 3. The summed E-state index contributed by atoms with van der Waals surface area (Å²) in [4.78, 5) is 22.5. The molecule has 2 aromatic carbocycles. The number of benzene rings is 2. The van der Waals surface area contributed by atoms with Gasteiger partial charge in [-0.05, 0) is 47.9 Å². The first-order valence-electron chi connectivity index (χ1n) is 8.87. The largest absolute Gasteiger partial charge is 0.469 e. The van der Waals surface area contributed by atoms with Crippen LogP contribution in [-0.2, 0) is 33.5 Å². The normalized spacial score (nSPS) is 11.4. The van der Waals surface area contributed by atoms with Crippen molar-refractivity contribution >= 4 is 11.8 Å². The molecule has 0 radical (unpaired) electrons. The number of hydrogen-bond donors (Lipinski definition) is 1. The Labute approximate surface area is 165 Å². The first-order valence-corrected chi connectivity index (χ1v) is 8.87. The van der Waals surface area contributed by atoms with Crippen molar-refractivity contribution in [2.45, 2.75) is 32.5 Å². The first-order chi connectivity index (χ1) is 13.6. The van der Waals surface area contributed by atoms with Gasteiger partial charge in [0.15, 0.2) is 0 Å². The highest BCUT2D eigenvalue weighted by Gasteiger charge is 2.31. The molecule has 0 aliphatic carbocycles. The number of nitrogens with one attached hydrogen (secondary N) is 1. The number of esters is 1. The zero-order chi connectivity index (χ0) is 21.6. The molecule has 0 heterocycles. The molecular formula is C21H21F4NO3. The van der Waals surface area contributed by atoms with Gasteiger partial charge in [0, 0.05) is 25.1 Å². The number of rotatable bonds is 8. The molecule has 0 bridgehead atoms. The Morgan fingerprint density at radius 2 is 1.79 bits per heavy atom. The molecule has 0 amide bonds. The topological polar surface area (TPSA) is 55.4 Å². The SMILES string of the molecule is COC(=O)Cc1ccc(F)c(-c2ccc(C(F)(F)F)cc2CNCCC(C)=O)c1. The van der Waals surface area contributed by atoms with Crippen LogP contribution >= 0.6 is 0 Å². The molecule has 2 rings (SSSR count). The van der Waals surface area contributed by atoms with Crippen LogP contribution in [0.4, 0.5) is 17.6 Å². The quantitative estimate of drug-likeness (QED) is 0.400. The summed E-state index contributed by atoms with van der Waals surface area (Å²) >= 11 is 0. The highest BCUT2D eigenvalue weighted by Crippen LogP contribution is 2.34. The lowest BCUT2D eigenvalue weighted by molar-refractivity contribution is -0.140. The van der Waals surface area contributed by atoms with E-state index >= 15 is 0 Å². The fraction of sp³-hybridized carbons (Fsp3) is 0.333. The molecule has 0 aliphatic rings. The standard InChI is InChI=1S/C21H21F4NO3/c1-13(27)7-8-26-12-15-11-16(21(23,24)25)4-5-17(15)18-9-14(3-6-19(18)22)10-20(28)29-2/h3-6,9,11,26H,7-8,10,12H2,1-2H3. The van der Waals surface area contributed by atoms with E-state index in [-0.39, 0.29) is 48.4 Å². The average Bonchev–Trinajstić information content (AvgIpc) is 2.65. The number of carbonyl (C=O) groups excluding carboxylic acids is 2. The maximum Gasteiger partial charge on any atom is 0.416 e. The van der Waals surface area contributed by atoms with Crippen molar-refractivity contribution < 1.29 is 31.9 Å². The van der Waals surface area contributed by atoms with Crippen LogP contribution in [0.15, 0.2) is 36.4 Å². The van der Waals surface area contributed by atoms with Crippen LogP contribution in [0.5, 0.6) is 0 Å². The van der Waals surface area contributed by atoms with E-state index in [0.717, 1.165) is 18.2 Å². The summed E-state index contributed by atoms with van der Waals surface area (Å²) in [6, 6.07) is 7.07. The van der Waals surface area contributed by atoms with Gasteiger partial charge in [-0.3, -0.25) is 9.59 Å². The molecule has 0 fully saturated rings. The molecule has 0 atom stereocenters. The fourth-order valence-electron chi connectivity index (χ4n) is 2.79. The Balaban J connectivity index is 2.43. The van der Waals surface area contributed by atoms with Gasteiger partial charge < -0.3 is 10.1 Å². The molecule has 0 aromatic heterocycles. The summed E-state index contributed by atoms with van der Waals surface area (Å²) in [5.41, 5.74) is 0.220. The van der Waals surface area contributed by atoms with Gasteiger partial charge in [-0.1, -0.05) is 12.1 Å². The van der Waals surface area contributed by atoms with Crippen molar-refractivity contribution in [1.29, 1.82) is 0 Å². The molecule has 0 saturated carbocycles. The Morgan fingerprint density at radius 3 is 2.41 bits per heavy atom. The summed E-state index contributed by atoms with van der Waals surface area (Å²) in [6.07, 6.45) is -4.40. The zero-order valence-corrected chi connectivity index (χ0v) is 16.0. The van der Waals surface area contributed by atoms with Gasteiger partial charge >= 0.3 is 12.1 Å². The Bertz CT molecular complexity index is 894. The number of hydrogen-bond acceptors (Lipinski definition) is 4. The van der Waals surface area contributed by atoms with E-state index < -0.39 is 23.5 Å². The van der Waals surface area contributed by atoms with E-state index in [0.29, 0.717) is 5.56 Å². The lowest BCUT2D eigenvalue weighted by atomic mass is 9.95. The van der Waals surface area contributed by atoms with E-state index in [9.17, 15) is 27.2 Å². The van der Waals surface area contributed by atoms with Gasteiger partial charge in [0.2, 0.25) is 0 Å². The predicted molar refractivity (Wildman–Crippen MR) is 99.6 cm³/mol. The fourth-order valence-corrected chi connectivity index (χ4v) is 2.79. The van der Waals surface area contributed by atoms with Gasteiger partial charge in [0.1, 0.15) is 11.6 Å². The summed E-state index contributed by atoms with van der Waals surface area (Å²) in [5, 5.41) is 2.91. The molecule has 2 aromatic rings. The molecule has 0 saturated heterocycles. The summed E-state index contributed by atoms with van der Waals surface area (Å²) in [6.45, 7) is 1.72. The molecule has 0 unspecified atom stereocenters. The van der Waals surface area contributed by atoms with E-state index in [4.69, 9.17) is 0 Å². The summed E-state index contributed by atoms with van der Waals surface area (Å²) < 4.78 is 58.5. The second-order valence-corrected chi connectivity index (χ2v) is 6.57. The minimum Gasteiger partial charge on any atom is -0.469 e. The van der Waals surface area contributed by atoms with E-state index in [1.54, 1.807) is 0 Å². The molecule has 4 nitrogen and oxygen atoms in total. The third-order valence-electron chi connectivity index (χ3n) is 4.30. The first kappa shape index (κ1) is 22.5. The molecule has 0 spiro atoms. The van der Waals surface area contributed by atoms with Crippen LogP contribution in [-0.4, -0.2) is 25.4 Å². The van der Waals surface area contributed by atoms with Crippen LogP contribution in [0.3, 0.4) is 0 Å². The number of halogens is 4. The van der Waals surface area contributed by atoms with Crippen LogP contribution in [0, 0.1) is 5.82 Å². The summed E-state index contributed by atoms with van der Waals surface area (Å²) in [7, 11) is 1.23. The van der Waals surface area contributed by atoms with E-state index in [1.165, 1.54) is 32.2 Å². The second kappa shape index (κ2) is 9.65. The lowest BCUT2D eigenvalue weighted by Gasteiger charge is -2.16. The van der Waals surface area contributed by atoms with E-state index in [2.05, 4.69) is 10.1 Å². The van der Waals surface area contributed by atoms with Gasteiger partial charge in [0.05, 0.1) is 19.1 Å². The number of ketones is 1. The second-order valence-electron chi connectivity index (χ2n) is 6.57. The van der Waals surface area contributed by atoms with Crippen LogP contribution in [0.2, 0.25) is 0 Å². The predicted octanol–water partition coefficient (Wildman–Crippen LogP) is 4.30. The maximum absolute atomic E-state index is 14.5. The molecule has 1 N–H and O–H groups in total. The number of carbonyl (C=O) groups is 2. The molecule has 0 aliphatic heterocycles. The van der Waals surface area contributed by atoms with Crippen molar-refractivity contribution in [2.75, 3.05) is 13.7 Å². The highest BCUT2D eigenvalue weighted by atomic mass is 19.4. The molecule has 29 heavy (non-hydrogen) atoms. The van der Waals surface area contributed by atoms with Crippen LogP contribution < -0.4 is 5.32 Å². The Hall–Kier alpha value is -2.74. The average molecular weight is 411 g/mol. The molecule has 156 valence electrons. The Morgan fingerprint density at radius 1 is 1.07 bits per heavy atom. The molecule has 8 heteroatoms. The van der Waals surface area contributed by atoms with Crippen molar-refractivity contribution in [3.8, 4) is 11.1 Å². The maximum atomic E-state index is 14.5. The number of methoxy groups -OCH3 is 1. The monoisotopic (exact) mass is 411 g/mol. The smallest absolute Gasteiger partial charge is 0.416 e. The van der Waals surface area contributed by atoms with Gasteiger partial charge in [-0.15, -0.1) is 0 Å². The highest BCUT2D eigenvalue weighted by molar-refractivity contribution is 5.76. The van der Waals surface area contributed by atoms with E-state index in [1.807, 2.05) is 0 Å². The number of Topliss-reactive ketones (excluding diaryl/α,β-unsaturated/α-hetero) is 1. The van der Waals surface area contributed by atoms with Crippen molar-refractivity contribution in [3.05, 3.63) is 58.9 Å². The third-order valence-corrected chi connectivity index (χ3v) is 4.30. The van der Waals surface area contributed by atoms with Crippen molar-refractivity contribution in [1.82, 2.24) is 5.32 Å². The van der Waals surface area contributed by atoms with Crippen molar-refractivity contribution in [3.63, 3.8) is 0 Å².